The first-order valence-corrected chi connectivity index (χ1v) is 8.06. The second kappa shape index (κ2) is 5.20. The number of amides is 1. The third kappa shape index (κ3) is 2.58. The van der Waals surface area contributed by atoms with Crippen molar-refractivity contribution in [3.05, 3.63) is 45.0 Å². The monoisotopic (exact) mass is 307 g/mol. The number of aryl methyl sites for hydroxylation is 1. The first-order valence-electron chi connectivity index (χ1n) is 5.42. The fourth-order valence-corrected chi connectivity index (χ4v) is 3.80. The summed E-state index contributed by atoms with van der Waals surface area (Å²) < 4.78 is 1.81. The highest BCUT2D eigenvalue weighted by molar-refractivity contribution is 7.20. The van der Waals surface area contributed by atoms with Crippen molar-refractivity contribution in [2.45, 2.75) is 0 Å². The third-order valence-corrected chi connectivity index (χ3v) is 5.14. The van der Waals surface area contributed by atoms with Gasteiger partial charge in [-0.1, -0.05) is 6.07 Å². The van der Waals surface area contributed by atoms with Gasteiger partial charge in [-0.05, 0) is 11.4 Å². The first kappa shape index (κ1) is 12.5. The highest BCUT2D eigenvalue weighted by atomic mass is 32.1. The lowest BCUT2D eigenvalue weighted by Crippen LogP contribution is -2.12. The van der Waals surface area contributed by atoms with Crippen LogP contribution in [0.15, 0.2) is 39.5 Å². The second-order valence-corrected chi connectivity index (χ2v) is 6.41. The van der Waals surface area contributed by atoms with Gasteiger partial charge in [-0.3, -0.25) is 4.79 Å². The molecule has 0 atom stereocenters. The van der Waals surface area contributed by atoms with Crippen LogP contribution in [0.1, 0.15) is 10.5 Å². The van der Waals surface area contributed by atoms with E-state index in [4.69, 9.17) is 0 Å². The molecule has 3 rings (SSSR count). The summed E-state index contributed by atoms with van der Waals surface area (Å²) in [6.07, 6.45) is 1.87. The van der Waals surface area contributed by atoms with Crippen molar-refractivity contribution in [1.82, 2.24) is 9.55 Å². The molecule has 96 valence electrons. The van der Waals surface area contributed by atoms with Gasteiger partial charge in [0.15, 0.2) is 4.80 Å². The first-order chi connectivity index (χ1) is 9.24. The summed E-state index contributed by atoms with van der Waals surface area (Å²) in [4.78, 5) is 22.2. The van der Waals surface area contributed by atoms with Gasteiger partial charge in [0.2, 0.25) is 0 Å². The zero-order valence-electron chi connectivity index (χ0n) is 9.94. The third-order valence-electron chi connectivity index (χ3n) is 2.41. The van der Waals surface area contributed by atoms with E-state index in [1.165, 1.54) is 22.7 Å². The van der Waals surface area contributed by atoms with Crippen molar-refractivity contribution in [2.75, 3.05) is 0 Å². The van der Waals surface area contributed by atoms with Gasteiger partial charge in [0, 0.05) is 24.0 Å². The van der Waals surface area contributed by atoms with Crippen molar-refractivity contribution in [3.8, 4) is 9.88 Å². The molecule has 0 saturated carbocycles. The Balaban J connectivity index is 1.92. The van der Waals surface area contributed by atoms with Crippen LogP contribution in [0.2, 0.25) is 0 Å². The predicted molar refractivity (Wildman–Crippen MR) is 78.6 cm³/mol. The lowest BCUT2D eigenvalue weighted by atomic mass is 10.4. The molecule has 1 amide bonds. The number of carbonyl (C=O) groups is 1. The average molecular weight is 307 g/mol. The van der Waals surface area contributed by atoms with Crippen molar-refractivity contribution in [2.24, 2.45) is 12.0 Å². The lowest BCUT2D eigenvalue weighted by Gasteiger charge is -1.90. The van der Waals surface area contributed by atoms with Crippen molar-refractivity contribution >= 4 is 39.9 Å². The molecule has 0 saturated heterocycles. The number of thiophene rings is 1. The van der Waals surface area contributed by atoms with Gasteiger partial charge in [0.05, 0.1) is 4.88 Å². The minimum Gasteiger partial charge on any atom is -0.327 e. The topological polar surface area (TPSA) is 47.2 Å². The van der Waals surface area contributed by atoms with Crippen molar-refractivity contribution in [3.63, 3.8) is 0 Å². The van der Waals surface area contributed by atoms with E-state index in [1.807, 2.05) is 40.7 Å². The molecule has 4 nitrogen and oxygen atoms in total. The summed E-state index contributed by atoms with van der Waals surface area (Å²) in [7, 11) is 1.86. The van der Waals surface area contributed by atoms with Gasteiger partial charge < -0.3 is 4.57 Å². The van der Waals surface area contributed by atoms with Gasteiger partial charge in [-0.2, -0.15) is 4.99 Å². The summed E-state index contributed by atoms with van der Waals surface area (Å²) in [5, 5.41) is 6.51. The lowest BCUT2D eigenvalue weighted by molar-refractivity contribution is 0.0994. The Hall–Kier alpha value is -1.57. The zero-order chi connectivity index (χ0) is 13.2. The zero-order valence-corrected chi connectivity index (χ0v) is 12.4. The van der Waals surface area contributed by atoms with E-state index in [2.05, 4.69) is 9.98 Å². The second-order valence-electron chi connectivity index (χ2n) is 3.73. The van der Waals surface area contributed by atoms with Gasteiger partial charge in [0.1, 0.15) is 10.7 Å². The normalized spacial score (nSPS) is 11.9. The molecule has 0 spiro atoms. The Bertz CT molecular complexity index is 764. The van der Waals surface area contributed by atoms with Crippen LogP contribution in [0.3, 0.4) is 0 Å². The Labute approximate surface area is 121 Å². The van der Waals surface area contributed by atoms with Crippen LogP contribution in [-0.2, 0) is 7.05 Å². The quantitative estimate of drug-likeness (QED) is 0.730. The molecule has 0 bridgehead atoms. The molecule has 0 aliphatic rings. The predicted octanol–water partition coefficient (Wildman–Crippen LogP) is 3.01. The van der Waals surface area contributed by atoms with E-state index >= 15 is 0 Å². The molecule has 0 aliphatic carbocycles. The Kier molecular flexibility index (Phi) is 3.41. The summed E-state index contributed by atoms with van der Waals surface area (Å²) in [5.41, 5.74) is 0.404. The van der Waals surface area contributed by atoms with Crippen molar-refractivity contribution in [1.29, 1.82) is 0 Å². The minimum atomic E-state index is -0.294. The van der Waals surface area contributed by atoms with Crippen LogP contribution in [0.4, 0.5) is 0 Å². The standard InChI is InChI=1S/C12H9N3OS3/c1-15-4-6-18-12(15)14-10(16)8-7-19-11(13-8)9-3-2-5-17-9/h2-7H,1H3. The number of carbonyl (C=O) groups excluding carboxylic acids is 1. The fourth-order valence-electron chi connectivity index (χ4n) is 1.46. The van der Waals surface area contributed by atoms with Gasteiger partial charge in [0.25, 0.3) is 5.91 Å². The molecule has 0 fully saturated rings. The molecule has 3 aromatic rings. The van der Waals surface area contributed by atoms with Crippen LogP contribution in [0, 0.1) is 0 Å². The summed E-state index contributed by atoms with van der Waals surface area (Å²) >= 11 is 4.51. The molecule has 7 heteroatoms. The smallest absolute Gasteiger partial charge is 0.299 e. The average Bonchev–Trinajstić information content (AvgIpc) is 3.09. The number of rotatable bonds is 2. The molecule has 19 heavy (non-hydrogen) atoms. The molecular weight excluding hydrogens is 298 g/mol. The Morgan fingerprint density at radius 2 is 2.21 bits per heavy atom. The summed E-state index contributed by atoms with van der Waals surface area (Å²) in [5.74, 6) is -0.294. The molecule has 0 aromatic carbocycles. The molecule has 0 radical (unpaired) electrons. The number of aromatic nitrogens is 2. The van der Waals surface area contributed by atoms with Gasteiger partial charge in [-0.15, -0.1) is 34.0 Å². The van der Waals surface area contributed by atoms with Crippen LogP contribution < -0.4 is 4.80 Å². The van der Waals surface area contributed by atoms with E-state index in [0.29, 0.717) is 10.5 Å². The number of nitrogens with zero attached hydrogens (tertiary/aromatic N) is 3. The van der Waals surface area contributed by atoms with Crippen LogP contribution in [0.25, 0.3) is 9.88 Å². The summed E-state index contributed by atoms with van der Waals surface area (Å²) in [6.45, 7) is 0. The highest BCUT2D eigenvalue weighted by Gasteiger charge is 2.11. The van der Waals surface area contributed by atoms with Crippen LogP contribution in [0.5, 0.6) is 0 Å². The number of thiazole rings is 2. The van der Waals surface area contributed by atoms with E-state index in [9.17, 15) is 4.79 Å². The Morgan fingerprint density at radius 3 is 2.89 bits per heavy atom. The minimum absolute atomic E-state index is 0.294. The molecule has 3 aromatic heterocycles. The SMILES string of the molecule is Cn1ccsc1=NC(=O)c1csc(-c2cccs2)n1. The van der Waals surface area contributed by atoms with E-state index in [-0.39, 0.29) is 5.91 Å². The Morgan fingerprint density at radius 1 is 1.32 bits per heavy atom. The summed E-state index contributed by atoms with van der Waals surface area (Å²) in [6, 6.07) is 3.97. The fraction of sp³-hybridized carbons (Fsp3) is 0.0833. The maximum Gasteiger partial charge on any atom is 0.299 e. The molecular formula is C12H9N3OS3. The largest absolute Gasteiger partial charge is 0.327 e. The van der Waals surface area contributed by atoms with Gasteiger partial charge in [-0.25, -0.2) is 4.98 Å². The highest BCUT2D eigenvalue weighted by Crippen LogP contribution is 2.27. The number of hydrogen-bond donors (Lipinski definition) is 0. The molecule has 3 heterocycles. The molecule has 0 unspecified atom stereocenters. The molecule has 0 aliphatic heterocycles. The van der Waals surface area contributed by atoms with E-state index < -0.39 is 0 Å². The van der Waals surface area contributed by atoms with Crippen LogP contribution in [-0.4, -0.2) is 15.5 Å². The maximum atomic E-state index is 12.0. The van der Waals surface area contributed by atoms with E-state index in [1.54, 1.807) is 16.7 Å². The van der Waals surface area contributed by atoms with Crippen LogP contribution >= 0.6 is 34.0 Å². The molecule has 0 N–H and O–H groups in total. The number of hydrogen-bond acceptors (Lipinski definition) is 5. The maximum absolute atomic E-state index is 12.0. The van der Waals surface area contributed by atoms with Gasteiger partial charge >= 0.3 is 0 Å². The van der Waals surface area contributed by atoms with E-state index in [0.717, 1.165) is 9.88 Å². The van der Waals surface area contributed by atoms with Crippen molar-refractivity contribution < 1.29 is 4.79 Å².